The molecule has 1 unspecified atom stereocenters. The first kappa shape index (κ1) is 21.5. The Kier molecular flexibility index (Phi) is 6.94. The first-order valence-electron chi connectivity index (χ1n) is 10.4. The zero-order chi connectivity index (χ0) is 21.6. The Morgan fingerprint density at radius 3 is 2.68 bits per heavy atom. The molecule has 4 rings (SSSR count). The summed E-state index contributed by atoms with van der Waals surface area (Å²) in [6.45, 7) is 3.42. The SMILES string of the molecule is COc1ccc(-n2cc(-c3ccc(C)cc3)nc2SCC(=O)NCC2CCCO2)cc1. The van der Waals surface area contributed by atoms with Gasteiger partial charge >= 0.3 is 0 Å². The van der Waals surface area contributed by atoms with Gasteiger partial charge in [-0.25, -0.2) is 4.98 Å². The van der Waals surface area contributed by atoms with Gasteiger partial charge in [0.05, 0.1) is 24.7 Å². The number of hydrogen-bond acceptors (Lipinski definition) is 5. The Morgan fingerprint density at radius 2 is 2.00 bits per heavy atom. The second-order valence-corrected chi connectivity index (χ2v) is 8.51. The molecule has 1 fully saturated rings. The minimum absolute atomic E-state index is 0.0123. The summed E-state index contributed by atoms with van der Waals surface area (Å²) in [7, 11) is 1.65. The number of imidazole rings is 1. The van der Waals surface area contributed by atoms with E-state index in [1.165, 1.54) is 17.3 Å². The van der Waals surface area contributed by atoms with Gasteiger partial charge in [0.2, 0.25) is 5.91 Å². The van der Waals surface area contributed by atoms with Gasteiger partial charge in [0, 0.05) is 30.6 Å². The molecule has 7 heteroatoms. The number of thioether (sulfide) groups is 1. The summed E-state index contributed by atoms with van der Waals surface area (Å²) in [6.07, 6.45) is 4.23. The smallest absolute Gasteiger partial charge is 0.230 e. The molecule has 2 aromatic carbocycles. The minimum Gasteiger partial charge on any atom is -0.497 e. The molecule has 0 radical (unpaired) electrons. The highest BCUT2D eigenvalue weighted by atomic mass is 32.2. The number of nitrogens with one attached hydrogen (secondary N) is 1. The molecule has 1 amide bonds. The molecular formula is C24H27N3O3S. The van der Waals surface area contributed by atoms with Gasteiger partial charge in [-0.05, 0) is 44.0 Å². The molecule has 2 heterocycles. The molecule has 6 nitrogen and oxygen atoms in total. The Hall–Kier alpha value is -2.77. The van der Waals surface area contributed by atoms with E-state index < -0.39 is 0 Å². The summed E-state index contributed by atoms with van der Waals surface area (Å²) in [5.74, 6) is 1.08. The van der Waals surface area contributed by atoms with Crippen LogP contribution < -0.4 is 10.1 Å². The lowest BCUT2D eigenvalue weighted by molar-refractivity contribution is -0.119. The average molecular weight is 438 g/mol. The van der Waals surface area contributed by atoms with Crippen molar-refractivity contribution in [3.63, 3.8) is 0 Å². The van der Waals surface area contributed by atoms with E-state index >= 15 is 0 Å². The number of methoxy groups -OCH3 is 1. The van der Waals surface area contributed by atoms with Crippen LogP contribution in [0.15, 0.2) is 59.9 Å². The van der Waals surface area contributed by atoms with Crippen LogP contribution in [0, 0.1) is 6.92 Å². The van der Waals surface area contributed by atoms with E-state index in [9.17, 15) is 4.79 Å². The topological polar surface area (TPSA) is 65.4 Å². The lowest BCUT2D eigenvalue weighted by Gasteiger charge is -2.11. The maximum atomic E-state index is 12.4. The molecule has 31 heavy (non-hydrogen) atoms. The molecule has 1 aromatic heterocycles. The second-order valence-electron chi connectivity index (χ2n) is 7.57. The molecule has 0 aliphatic carbocycles. The van der Waals surface area contributed by atoms with E-state index in [1.807, 2.05) is 35.0 Å². The average Bonchev–Trinajstić information content (AvgIpc) is 3.47. The van der Waals surface area contributed by atoms with E-state index in [0.717, 1.165) is 47.3 Å². The number of rotatable bonds is 8. The molecule has 1 saturated heterocycles. The summed E-state index contributed by atoms with van der Waals surface area (Å²) >= 11 is 1.43. The van der Waals surface area contributed by atoms with Gasteiger partial charge in [-0.1, -0.05) is 41.6 Å². The van der Waals surface area contributed by atoms with Crippen molar-refractivity contribution in [2.24, 2.45) is 0 Å². The molecule has 3 aromatic rings. The van der Waals surface area contributed by atoms with Crippen LogP contribution >= 0.6 is 11.8 Å². The number of ether oxygens (including phenoxy) is 2. The molecule has 162 valence electrons. The van der Waals surface area contributed by atoms with Gasteiger partial charge in [0.1, 0.15) is 5.75 Å². The summed E-state index contributed by atoms with van der Waals surface area (Å²) in [4.78, 5) is 17.2. The standard InChI is InChI=1S/C24H27N3O3S/c1-17-5-7-18(8-6-17)22-15-27(19-9-11-20(29-2)12-10-19)24(26-22)31-16-23(28)25-14-21-4-3-13-30-21/h5-12,15,21H,3-4,13-14,16H2,1-2H3,(H,25,28). The van der Waals surface area contributed by atoms with Crippen molar-refractivity contribution >= 4 is 17.7 Å². The van der Waals surface area contributed by atoms with Crippen molar-refractivity contribution in [2.45, 2.75) is 31.0 Å². The Morgan fingerprint density at radius 1 is 1.23 bits per heavy atom. The Balaban J connectivity index is 1.52. The van der Waals surface area contributed by atoms with Gasteiger partial charge in [-0.2, -0.15) is 0 Å². The van der Waals surface area contributed by atoms with Crippen LogP contribution in [0.2, 0.25) is 0 Å². The number of aryl methyl sites for hydroxylation is 1. The third-order valence-electron chi connectivity index (χ3n) is 5.25. The van der Waals surface area contributed by atoms with Gasteiger partial charge in [-0.15, -0.1) is 0 Å². The van der Waals surface area contributed by atoms with E-state index in [0.29, 0.717) is 12.3 Å². The van der Waals surface area contributed by atoms with Crippen LogP contribution in [0.1, 0.15) is 18.4 Å². The summed E-state index contributed by atoms with van der Waals surface area (Å²) in [5, 5.41) is 3.75. The van der Waals surface area contributed by atoms with Crippen LogP contribution in [-0.2, 0) is 9.53 Å². The van der Waals surface area contributed by atoms with Crippen molar-refractivity contribution in [2.75, 3.05) is 26.0 Å². The van der Waals surface area contributed by atoms with Crippen molar-refractivity contribution < 1.29 is 14.3 Å². The van der Waals surface area contributed by atoms with Crippen molar-refractivity contribution in [1.29, 1.82) is 0 Å². The predicted octanol–water partition coefficient (Wildman–Crippen LogP) is 4.24. The third-order valence-corrected chi connectivity index (χ3v) is 6.21. The molecule has 1 aliphatic heterocycles. The number of benzene rings is 2. The Bertz CT molecular complexity index is 1010. The maximum absolute atomic E-state index is 12.4. The van der Waals surface area contributed by atoms with Crippen molar-refractivity contribution in [3.8, 4) is 22.7 Å². The maximum Gasteiger partial charge on any atom is 0.230 e. The first-order valence-corrected chi connectivity index (χ1v) is 11.4. The van der Waals surface area contributed by atoms with Gasteiger partial charge < -0.3 is 14.8 Å². The fourth-order valence-electron chi connectivity index (χ4n) is 3.47. The summed E-state index contributed by atoms with van der Waals surface area (Å²) in [5.41, 5.74) is 4.09. The molecule has 1 aliphatic rings. The Labute approximate surface area is 187 Å². The minimum atomic E-state index is -0.0123. The van der Waals surface area contributed by atoms with Crippen LogP contribution in [0.4, 0.5) is 0 Å². The van der Waals surface area contributed by atoms with Gasteiger partial charge in [-0.3, -0.25) is 9.36 Å². The number of hydrogen-bond donors (Lipinski definition) is 1. The highest BCUT2D eigenvalue weighted by molar-refractivity contribution is 7.99. The quantitative estimate of drug-likeness (QED) is 0.534. The number of nitrogens with zero attached hydrogens (tertiary/aromatic N) is 2. The normalized spacial score (nSPS) is 15.7. The zero-order valence-electron chi connectivity index (χ0n) is 17.8. The lowest BCUT2D eigenvalue weighted by Crippen LogP contribution is -2.32. The molecule has 0 bridgehead atoms. The highest BCUT2D eigenvalue weighted by Gasteiger charge is 2.17. The first-order chi connectivity index (χ1) is 15.1. The number of carbonyl (C=O) groups is 1. The van der Waals surface area contributed by atoms with Gasteiger partial charge in [0.15, 0.2) is 5.16 Å². The highest BCUT2D eigenvalue weighted by Crippen LogP contribution is 2.28. The summed E-state index contributed by atoms with van der Waals surface area (Å²) < 4.78 is 12.9. The van der Waals surface area contributed by atoms with E-state index in [1.54, 1.807) is 7.11 Å². The van der Waals surface area contributed by atoms with Crippen LogP contribution in [0.3, 0.4) is 0 Å². The van der Waals surface area contributed by atoms with Gasteiger partial charge in [0.25, 0.3) is 0 Å². The fraction of sp³-hybridized carbons (Fsp3) is 0.333. The van der Waals surface area contributed by atoms with E-state index in [2.05, 4.69) is 36.5 Å². The zero-order valence-corrected chi connectivity index (χ0v) is 18.7. The number of amides is 1. The van der Waals surface area contributed by atoms with Crippen LogP contribution in [0.5, 0.6) is 5.75 Å². The second kappa shape index (κ2) is 10.0. The van der Waals surface area contributed by atoms with Crippen molar-refractivity contribution in [3.05, 3.63) is 60.3 Å². The molecule has 1 atom stereocenters. The molecule has 0 spiro atoms. The lowest BCUT2D eigenvalue weighted by atomic mass is 10.1. The molecule has 0 saturated carbocycles. The monoisotopic (exact) mass is 437 g/mol. The summed E-state index contributed by atoms with van der Waals surface area (Å²) in [6, 6.07) is 16.1. The third kappa shape index (κ3) is 5.48. The van der Waals surface area contributed by atoms with E-state index in [-0.39, 0.29) is 12.0 Å². The van der Waals surface area contributed by atoms with Crippen LogP contribution in [-0.4, -0.2) is 47.6 Å². The van der Waals surface area contributed by atoms with Crippen molar-refractivity contribution in [1.82, 2.24) is 14.9 Å². The number of aromatic nitrogens is 2. The number of carbonyl (C=O) groups excluding carboxylic acids is 1. The van der Waals surface area contributed by atoms with Crippen LogP contribution in [0.25, 0.3) is 16.9 Å². The van der Waals surface area contributed by atoms with E-state index in [4.69, 9.17) is 14.5 Å². The predicted molar refractivity (Wildman–Crippen MR) is 123 cm³/mol. The molecule has 1 N–H and O–H groups in total. The fourth-order valence-corrected chi connectivity index (χ4v) is 4.29. The largest absolute Gasteiger partial charge is 0.497 e. The molecular weight excluding hydrogens is 410 g/mol.